The van der Waals surface area contributed by atoms with Crippen molar-refractivity contribution in [2.45, 2.75) is 24.4 Å². The van der Waals surface area contributed by atoms with E-state index in [0.717, 1.165) is 0 Å². The number of rotatable bonds is 5. The summed E-state index contributed by atoms with van der Waals surface area (Å²) in [5, 5.41) is 41.7. The zero-order valence-electron chi connectivity index (χ0n) is 8.03. The van der Waals surface area contributed by atoms with Gasteiger partial charge in [-0.2, -0.15) is 8.42 Å². The molecule has 0 bridgehead atoms. The van der Waals surface area contributed by atoms with Gasteiger partial charge in [0.2, 0.25) is 0 Å². The van der Waals surface area contributed by atoms with Crippen LogP contribution in [0.3, 0.4) is 0 Å². The van der Waals surface area contributed by atoms with E-state index >= 15 is 0 Å². The van der Waals surface area contributed by atoms with Crippen molar-refractivity contribution in [2.24, 2.45) is 0 Å². The average molecular weight is 274 g/mol. The third-order valence-electron chi connectivity index (χ3n) is 1.75. The fourth-order valence-corrected chi connectivity index (χ4v) is 1.26. The van der Waals surface area contributed by atoms with Crippen LogP contribution >= 0.6 is 0 Å². The second-order valence-electron chi connectivity index (χ2n) is 3.00. The van der Waals surface area contributed by atoms with Crippen molar-refractivity contribution < 1.29 is 48.1 Å². The monoisotopic (exact) mass is 274 g/mol. The van der Waals surface area contributed by atoms with Gasteiger partial charge in [0.15, 0.2) is 12.2 Å². The summed E-state index contributed by atoms with van der Waals surface area (Å²) in [6.07, 6.45) is -10.5. The van der Waals surface area contributed by atoms with Gasteiger partial charge in [-0.25, -0.2) is 4.79 Å². The number of aliphatic hydroxyl groups excluding tert-OH is 4. The lowest BCUT2D eigenvalue weighted by Crippen LogP contribution is -2.51. The Bertz CT molecular complexity index is 399. The molecule has 0 saturated heterocycles. The number of carboxylic acids is 1. The summed E-state index contributed by atoms with van der Waals surface area (Å²) in [6.45, 7) is 0. The molecule has 10 nitrogen and oxygen atoms in total. The molecule has 0 heterocycles. The molecule has 0 saturated carbocycles. The summed E-state index contributed by atoms with van der Waals surface area (Å²) in [5.74, 6) is -1.97. The average Bonchev–Trinajstić information content (AvgIpc) is 2.22. The van der Waals surface area contributed by atoms with E-state index in [-0.39, 0.29) is 0 Å². The zero-order chi connectivity index (χ0) is 14.0. The third-order valence-corrected chi connectivity index (χ3v) is 2.50. The first-order chi connectivity index (χ1) is 7.50. The summed E-state index contributed by atoms with van der Waals surface area (Å²) >= 11 is 0. The lowest BCUT2D eigenvalue weighted by atomic mass is 10.0. The number of aliphatic hydroxyl groups is 4. The first kappa shape index (κ1) is 15.9. The maximum atomic E-state index is 10.7. The molecular weight excluding hydrogens is 264 g/mol. The molecule has 0 aromatic rings. The van der Waals surface area contributed by atoms with E-state index in [2.05, 4.69) is 0 Å². The van der Waals surface area contributed by atoms with Crippen LogP contribution in [0.5, 0.6) is 0 Å². The Hall–Kier alpha value is -1.11. The van der Waals surface area contributed by atoms with Gasteiger partial charge in [0.1, 0.15) is 12.2 Å². The van der Waals surface area contributed by atoms with E-state index in [1.165, 1.54) is 0 Å². The number of hydrogen-bond acceptors (Lipinski definition) is 8. The number of hydrogen-bond donors (Lipinski definition) is 6. The van der Waals surface area contributed by atoms with Crippen LogP contribution in [0.25, 0.3) is 0 Å². The summed E-state index contributed by atoms with van der Waals surface area (Å²) in [5.41, 5.74) is 0. The predicted octanol–water partition coefficient (Wildman–Crippen LogP) is -4.07. The van der Waals surface area contributed by atoms with Gasteiger partial charge < -0.3 is 25.5 Å². The van der Waals surface area contributed by atoms with Crippen molar-refractivity contribution in [3.8, 4) is 0 Å². The summed E-state index contributed by atoms with van der Waals surface area (Å²) in [6, 6.07) is 0. The van der Waals surface area contributed by atoms with Crippen LogP contribution in [0.4, 0.5) is 0 Å². The van der Waals surface area contributed by atoms with Gasteiger partial charge in [0.05, 0.1) is 0 Å². The largest absolute Gasteiger partial charge is 0.479 e. The summed E-state index contributed by atoms with van der Waals surface area (Å²) in [7, 11) is -5.32. The fraction of sp³-hybridized carbons (Fsp3) is 0.667. The molecule has 0 amide bonds. The zero-order valence-corrected chi connectivity index (χ0v) is 8.85. The standard InChI is InChI=1S/C6H10O10S/c7-1(3(9)5(11)12)2(8)4(10)6(13)17(14,15)16/h1-4,7-10H,(H,11,12)(H,14,15,16)/t1-,2-,3+,4+/m0/s1. The Morgan fingerprint density at radius 1 is 0.882 bits per heavy atom. The summed E-state index contributed by atoms with van der Waals surface area (Å²) in [4.78, 5) is 20.9. The second kappa shape index (κ2) is 5.48. The van der Waals surface area contributed by atoms with Gasteiger partial charge in [-0.15, -0.1) is 0 Å². The van der Waals surface area contributed by atoms with Crippen LogP contribution in [-0.4, -0.2) is 74.0 Å². The first-order valence-corrected chi connectivity index (χ1v) is 5.40. The molecule has 17 heavy (non-hydrogen) atoms. The molecule has 0 aliphatic carbocycles. The Labute approximate surface area is 94.5 Å². The molecule has 0 radical (unpaired) electrons. The van der Waals surface area contributed by atoms with Crippen LogP contribution in [0, 0.1) is 0 Å². The first-order valence-electron chi connectivity index (χ1n) is 3.96. The maximum absolute atomic E-state index is 10.7. The quantitative estimate of drug-likeness (QED) is 0.269. The van der Waals surface area contributed by atoms with E-state index in [0.29, 0.717) is 0 Å². The highest BCUT2D eigenvalue weighted by Gasteiger charge is 2.41. The fourth-order valence-electron chi connectivity index (χ4n) is 0.812. The number of carbonyl (C=O) groups is 2. The van der Waals surface area contributed by atoms with Crippen molar-refractivity contribution in [1.29, 1.82) is 0 Å². The SMILES string of the molecule is O=C(O)[C@H](O)[C@@H](O)[C@H](O)[C@@H](O)C(=O)S(=O)(=O)O. The Morgan fingerprint density at radius 2 is 1.24 bits per heavy atom. The van der Waals surface area contributed by atoms with Gasteiger partial charge in [-0.3, -0.25) is 9.35 Å². The minimum Gasteiger partial charge on any atom is -0.479 e. The molecule has 6 N–H and O–H groups in total. The van der Waals surface area contributed by atoms with Gasteiger partial charge in [0.25, 0.3) is 0 Å². The molecule has 0 fully saturated rings. The minimum absolute atomic E-state index is 1.97. The molecule has 100 valence electrons. The molecule has 0 rings (SSSR count). The normalized spacial score (nSPS) is 19.1. The number of carbonyl (C=O) groups excluding carboxylic acids is 1. The van der Waals surface area contributed by atoms with Crippen molar-refractivity contribution in [1.82, 2.24) is 0 Å². The molecular formula is C6H10O10S. The molecule has 0 spiro atoms. The lowest BCUT2D eigenvalue weighted by Gasteiger charge is -2.22. The van der Waals surface area contributed by atoms with E-state index in [4.69, 9.17) is 30.1 Å². The molecule has 0 aliphatic rings. The van der Waals surface area contributed by atoms with Crippen molar-refractivity contribution in [2.75, 3.05) is 0 Å². The molecule has 0 unspecified atom stereocenters. The second-order valence-corrected chi connectivity index (χ2v) is 4.36. The van der Waals surface area contributed by atoms with Crippen molar-refractivity contribution >= 4 is 21.2 Å². The number of carboxylic acid groups (broad SMARTS) is 1. The van der Waals surface area contributed by atoms with Gasteiger partial charge in [0, 0.05) is 0 Å². The van der Waals surface area contributed by atoms with Crippen LogP contribution in [-0.2, 0) is 19.7 Å². The van der Waals surface area contributed by atoms with Crippen LogP contribution < -0.4 is 0 Å². The molecule has 0 aromatic carbocycles. The Morgan fingerprint density at radius 3 is 1.53 bits per heavy atom. The van der Waals surface area contributed by atoms with Gasteiger partial charge in [-0.05, 0) is 0 Å². The highest BCUT2D eigenvalue weighted by atomic mass is 32.2. The lowest BCUT2D eigenvalue weighted by molar-refractivity contribution is -0.164. The van der Waals surface area contributed by atoms with Crippen LogP contribution in [0.2, 0.25) is 0 Å². The Kier molecular flexibility index (Phi) is 5.12. The summed E-state index contributed by atoms with van der Waals surface area (Å²) < 4.78 is 28.8. The van der Waals surface area contributed by atoms with Gasteiger partial charge >= 0.3 is 21.2 Å². The Balaban J connectivity index is 4.89. The highest BCUT2D eigenvalue weighted by Crippen LogP contribution is 2.08. The van der Waals surface area contributed by atoms with E-state index in [1.807, 2.05) is 0 Å². The van der Waals surface area contributed by atoms with E-state index in [1.54, 1.807) is 0 Å². The van der Waals surface area contributed by atoms with Crippen LogP contribution in [0.15, 0.2) is 0 Å². The smallest absolute Gasteiger partial charge is 0.335 e. The van der Waals surface area contributed by atoms with E-state index < -0.39 is 45.6 Å². The van der Waals surface area contributed by atoms with Crippen molar-refractivity contribution in [3.05, 3.63) is 0 Å². The predicted molar refractivity (Wildman–Crippen MR) is 48.2 cm³/mol. The van der Waals surface area contributed by atoms with E-state index in [9.17, 15) is 18.0 Å². The topological polar surface area (TPSA) is 190 Å². The third kappa shape index (κ3) is 3.99. The minimum atomic E-state index is -5.32. The number of aliphatic carboxylic acids is 1. The molecule has 0 aromatic heterocycles. The molecule has 11 heteroatoms. The van der Waals surface area contributed by atoms with Crippen LogP contribution in [0.1, 0.15) is 0 Å². The van der Waals surface area contributed by atoms with Gasteiger partial charge in [-0.1, -0.05) is 0 Å². The molecule has 4 atom stereocenters. The van der Waals surface area contributed by atoms with Crippen molar-refractivity contribution in [3.63, 3.8) is 0 Å². The maximum Gasteiger partial charge on any atom is 0.335 e. The highest BCUT2D eigenvalue weighted by molar-refractivity contribution is 8.01. The molecule has 0 aliphatic heterocycles.